The van der Waals surface area contributed by atoms with E-state index in [0.717, 1.165) is 16.7 Å². The van der Waals surface area contributed by atoms with Crippen LogP contribution < -0.4 is 10.1 Å². The molecule has 0 fully saturated rings. The third kappa shape index (κ3) is 4.88. The molecule has 154 valence electrons. The Balaban J connectivity index is 1.90. The number of hydrogen-bond acceptors (Lipinski definition) is 4. The van der Waals surface area contributed by atoms with Crippen molar-refractivity contribution in [3.8, 4) is 5.75 Å². The molecule has 1 atom stereocenters. The molecule has 6 heteroatoms. The van der Waals surface area contributed by atoms with E-state index in [-0.39, 0.29) is 5.91 Å². The van der Waals surface area contributed by atoms with Crippen LogP contribution in [-0.4, -0.2) is 35.7 Å². The van der Waals surface area contributed by atoms with Crippen molar-refractivity contribution in [1.29, 1.82) is 0 Å². The molecule has 2 aromatic carbocycles. The number of benzene rings is 2. The second kappa shape index (κ2) is 8.15. The smallest absolute Gasteiger partial charge is 0.411 e. The SMILES string of the molecule is COc1ccc(C)cc1NC(=O)[C@@H]1Cc2ccccc2CN1C(=O)OC(C)(C)C. The third-order valence-electron chi connectivity index (χ3n) is 4.79. The molecule has 0 saturated carbocycles. The highest BCUT2D eigenvalue weighted by Crippen LogP contribution is 2.29. The maximum Gasteiger partial charge on any atom is 0.411 e. The minimum absolute atomic E-state index is 0.269. The van der Waals surface area contributed by atoms with Gasteiger partial charge in [0.2, 0.25) is 5.91 Å². The average molecular weight is 396 g/mol. The number of carbonyl (C=O) groups excluding carboxylic acids is 2. The second-order valence-electron chi connectivity index (χ2n) is 8.29. The van der Waals surface area contributed by atoms with Gasteiger partial charge in [0.05, 0.1) is 19.3 Å². The molecule has 6 nitrogen and oxygen atoms in total. The van der Waals surface area contributed by atoms with Crippen molar-refractivity contribution in [2.24, 2.45) is 0 Å². The molecule has 2 aromatic rings. The maximum atomic E-state index is 13.2. The van der Waals surface area contributed by atoms with E-state index in [4.69, 9.17) is 9.47 Å². The molecule has 0 spiro atoms. The molecule has 0 aliphatic carbocycles. The number of ether oxygens (including phenoxy) is 2. The molecule has 2 amide bonds. The fourth-order valence-corrected chi connectivity index (χ4v) is 3.41. The average Bonchev–Trinajstić information content (AvgIpc) is 2.65. The van der Waals surface area contributed by atoms with Gasteiger partial charge in [-0.2, -0.15) is 0 Å². The second-order valence-corrected chi connectivity index (χ2v) is 8.29. The molecule has 1 N–H and O–H groups in total. The van der Waals surface area contributed by atoms with Crippen molar-refractivity contribution in [3.05, 3.63) is 59.2 Å². The van der Waals surface area contributed by atoms with Crippen LogP contribution in [0.5, 0.6) is 5.75 Å². The van der Waals surface area contributed by atoms with Gasteiger partial charge in [0.1, 0.15) is 17.4 Å². The first-order chi connectivity index (χ1) is 13.7. The van der Waals surface area contributed by atoms with Crippen molar-refractivity contribution >= 4 is 17.7 Å². The zero-order valence-electron chi connectivity index (χ0n) is 17.6. The molecule has 0 bridgehead atoms. The molecule has 3 rings (SSSR count). The highest BCUT2D eigenvalue weighted by atomic mass is 16.6. The molecule has 29 heavy (non-hydrogen) atoms. The lowest BCUT2D eigenvalue weighted by Crippen LogP contribution is -2.52. The Labute approximate surface area is 171 Å². The van der Waals surface area contributed by atoms with E-state index < -0.39 is 17.7 Å². The number of rotatable bonds is 3. The lowest BCUT2D eigenvalue weighted by molar-refractivity contribution is -0.121. The third-order valence-corrected chi connectivity index (χ3v) is 4.79. The van der Waals surface area contributed by atoms with Gasteiger partial charge in [0.15, 0.2) is 0 Å². The normalized spacial score (nSPS) is 16.0. The summed E-state index contributed by atoms with van der Waals surface area (Å²) in [6, 6.07) is 12.8. The van der Waals surface area contributed by atoms with Crippen LogP contribution >= 0.6 is 0 Å². The van der Waals surface area contributed by atoms with E-state index in [1.165, 1.54) is 4.90 Å². The summed E-state index contributed by atoms with van der Waals surface area (Å²) in [7, 11) is 1.56. The van der Waals surface area contributed by atoms with Crippen molar-refractivity contribution in [1.82, 2.24) is 4.90 Å². The number of aryl methyl sites for hydroxylation is 1. The van der Waals surface area contributed by atoms with Crippen LogP contribution in [0.15, 0.2) is 42.5 Å². The van der Waals surface area contributed by atoms with Crippen molar-refractivity contribution in [2.75, 3.05) is 12.4 Å². The van der Waals surface area contributed by atoms with E-state index in [1.54, 1.807) is 7.11 Å². The van der Waals surface area contributed by atoms with E-state index >= 15 is 0 Å². The summed E-state index contributed by atoms with van der Waals surface area (Å²) < 4.78 is 10.9. The van der Waals surface area contributed by atoms with E-state index in [2.05, 4.69) is 5.32 Å². The Morgan fingerprint density at radius 2 is 1.79 bits per heavy atom. The van der Waals surface area contributed by atoms with Gasteiger partial charge in [-0.05, 0) is 56.5 Å². The Morgan fingerprint density at radius 1 is 1.10 bits per heavy atom. The number of fused-ring (bicyclic) bond motifs is 1. The van der Waals surface area contributed by atoms with E-state index in [0.29, 0.717) is 24.4 Å². The van der Waals surface area contributed by atoms with Crippen LogP contribution in [0, 0.1) is 6.92 Å². The van der Waals surface area contributed by atoms with Gasteiger partial charge in [0.25, 0.3) is 0 Å². The summed E-state index contributed by atoms with van der Waals surface area (Å²) in [6.45, 7) is 7.72. The first-order valence-corrected chi connectivity index (χ1v) is 9.70. The van der Waals surface area contributed by atoms with Crippen LogP contribution in [0.3, 0.4) is 0 Å². The maximum absolute atomic E-state index is 13.2. The molecule has 0 unspecified atom stereocenters. The van der Waals surface area contributed by atoms with E-state index in [1.807, 2.05) is 70.2 Å². The quantitative estimate of drug-likeness (QED) is 0.840. The Bertz CT molecular complexity index is 917. The Kier molecular flexibility index (Phi) is 5.82. The number of anilines is 1. The van der Waals surface area contributed by atoms with E-state index in [9.17, 15) is 9.59 Å². The van der Waals surface area contributed by atoms with Gasteiger partial charge in [-0.1, -0.05) is 30.3 Å². The molecule has 1 aliphatic heterocycles. The minimum atomic E-state index is -0.676. The summed E-state index contributed by atoms with van der Waals surface area (Å²) >= 11 is 0. The van der Waals surface area contributed by atoms with Crippen LogP contribution in [0.1, 0.15) is 37.5 Å². The van der Waals surface area contributed by atoms with Crippen molar-refractivity contribution < 1.29 is 19.1 Å². The summed E-state index contributed by atoms with van der Waals surface area (Å²) in [5.41, 5.74) is 3.02. The van der Waals surface area contributed by atoms with Gasteiger partial charge in [-0.3, -0.25) is 9.69 Å². The first-order valence-electron chi connectivity index (χ1n) is 9.70. The van der Waals surface area contributed by atoms with Crippen LogP contribution in [0.4, 0.5) is 10.5 Å². The number of methoxy groups -OCH3 is 1. The van der Waals surface area contributed by atoms with Crippen LogP contribution in [-0.2, 0) is 22.5 Å². The fraction of sp³-hybridized carbons (Fsp3) is 0.391. The molecule has 1 aliphatic rings. The predicted octanol–water partition coefficient (Wildman–Crippen LogP) is 4.30. The lowest BCUT2D eigenvalue weighted by atomic mass is 9.93. The molecule has 0 saturated heterocycles. The molecule has 0 aromatic heterocycles. The number of nitrogens with one attached hydrogen (secondary N) is 1. The molecule has 0 radical (unpaired) electrons. The summed E-state index contributed by atoms with van der Waals surface area (Å²) in [5, 5.41) is 2.94. The number of carbonyl (C=O) groups is 2. The Morgan fingerprint density at radius 3 is 2.45 bits per heavy atom. The largest absolute Gasteiger partial charge is 0.495 e. The van der Waals surface area contributed by atoms with Gasteiger partial charge < -0.3 is 14.8 Å². The molecular weight excluding hydrogens is 368 g/mol. The van der Waals surface area contributed by atoms with Crippen molar-refractivity contribution in [3.63, 3.8) is 0 Å². The summed E-state index contributed by atoms with van der Waals surface area (Å²) in [6.07, 6.45) is -0.0709. The van der Waals surface area contributed by atoms with Crippen LogP contribution in [0.25, 0.3) is 0 Å². The highest BCUT2D eigenvalue weighted by molar-refractivity contribution is 5.98. The molecule has 1 heterocycles. The van der Waals surface area contributed by atoms with Gasteiger partial charge in [0, 0.05) is 6.42 Å². The zero-order chi connectivity index (χ0) is 21.2. The predicted molar refractivity (Wildman–Crippen MR) is 112 cm³/mol. The summed E-state index contributed by atoms with van der Waals surface area (Å²) in [5.74, 6) is 0.304. The number of amides is 2. The number of nitrogens with zero attached hydrogens (tertiary/aromatic N) is 1. The molecular formula is C23H28N2O4. The number of hydrogen-bond donors (Lipinski definition) is 1. The summed E-state index contributed by atoms with van der Waals surface area (Å²) in [4.78, 5) is 27.6. The van der Waals surface area contributed by atoms with Gasteiger partial charge in [-0.15, -0.1) is 0 Å². The van der Waals surface area contributed by atoms with Gasteiger partial charge >= 0.3 is 6.09 Å². The topological polar surface area (TPSA) is 67.9 Å². The minimum Gasteiger partial charge on any atom is -0.495 e. The highest BCUT2D eigenvalue weighted by Gasteiger charge is 2.37. The van der Waals surface area contributed by atoms with Gasteiger partial charge in [-0.25, -0.2) is 4.79 Å². The van der Waals surface area contributed by atoms with Crippen LogP contribution in [0.2, 0.25) is 0 Å². The van der Waals surface area contributed by atoms with Crippen molar-refractivity contribution in [2.45, 2.75) is 52.3 Å². The Hall–Kier alpha value is -3.02. The first kappa shape index (κ1) is 20.7. The monoisotopic (exact) mass is 396 g/mol. The fourth-order valence-electron chi connectivity index (χ4n) is 3.41. The standard InChI is InChI=1S/C23H28N2O4/c1-15-10-11-20(28-5)18(12-15)24-21(26)19-13-16-8-6-7-9-17(16)14-25(19)22(27)29-23(2,3)4/h6-12,19H,13-14H2,1-5H3,(H,24,26)/t19-/m0/s1. The zero-order valence-corrected chi connectivity index (χ0v) is 17.6. The lowest BCUT2D eigenvalue weighted by Gasteiger charge is -2.37.